The van der Waals surface area contributed by atoms with Crippen molar-refractivity contribution in [3.05, 3.63) is 24.8 Å². The third-order valence-corrected chi connectivity index (χ3v) is 3.86. The summed E-state index contributed by atoms with van der Waals surface area (Å²) in [6, 6.07) is 3.65. The molecule has 0 bridgehead atoms. The maximum absolute atomic E-state index is 9.88. The van der Waals surface area contributed by atoms with Crippen molar-refractivity contribution >= 4 is 51.4 Å². The van der Waals surface area contributed by atoms with Crippen molar-refractivity contribution in [1.82, 2.24) is 0 Å². The molecule has 0 aromatic heterocycles. The number of hydrogen-bond acceptors (Lipinski definition) is 3. The van der Waals surface area contributed by atoms with Gasteiger partial charge in [-0.15, -0.1) is 0 Å². The van der Waals surface area contributed by atoms with Crippen molar-refractivity contribution in [2.24, 2.45) is 10.9 Å². The number of phenols is 1. The molecular formula is C12H15I2NO2. The maximum atomic E-state index is 9.88. The number of phenolic OH excluding ortho intramolecular Hbond substituents is 1. The second-order valence-corrected chi connectivity index (χ2v) is 6.51. The summed E-state index contributed by atoms with van der Waals surface area (Å²) >= 11 is 4.29. The molecule has 0 amide bonds. The first-order valence-electron chi connectivity index (χ1n) is 5.27. The summed E-state index contributed by atoms with van der Waals surface area (Å²) in [4.78, 5) is 4.31. The number of benzene rings is 1. The number of rotatable bonds is 4. The van der Waals surface area contributed by atoms with Crippen molar-refractivity contribution in [2.75, 3.05) is 6.61 Å². The van der Waals surface area contributed by atoms with Crippen molar-refractivity contribution in [2.45, 2.75) is 19.9 Å². The Hall–Kier alpha value is 0.110. The number of aromatic hydroxyl groups is 1. The quantitative estimate of drug-likeness (QED) is 0.538. The molecule has 1 aromatic rings. The molecule has 1 unspecified atom stereocenters. The summed E-state index contributed by atoms with van der Waals surface area (Å²) in [5, 5.41) is 19.1. The molecule has 0 aliphatic heterocycles. The minimum atomic E-state index is -0.120. The van der Waals surface area contributed by atoms with Crippen LogP contribution in [-0.2, 0) is 0 Å². The lowest BCUT2D eigenvalue weighted by Crippen LogP contribution is -2.17. The normalized spacial score (nSPS) is 13.5. The van der Waals surface area contributed by atoms with Gasteiger partial charge < -0.3 is 10.2 Å². The summed E-state index contributed by atoms with van der Waals surface area (Å²) in [6.45, 7) is 4.04. The van der Waals surface area contributed by atoms with E-state index < -0.39 is 0 Å². The van der Waals surface area contributed by atoms with Gasteiger partial charge in [0.25, 0.3) is 0 Å². The van der Waals surface area contributed by atoms with Gasteiger partial charge in [-0.3, -0.25) is 4.99 Å². The molecule has 2 N–H and O–H groups in total. The van der Waals surface area contributed by atoms with E-state index in [9.17, 15) is 10.2 Å². The van der Waals surface area contributed by atoms with Gasteiger partial charge in [0.05, 0.1) is 16.2 Å². The highest BCUT2D eigenvalue weighted by molar-refractivity contribution is 14.1. The van der Waals surface area contributed by atoms with Gasteiger partial charge in [0.2, 0.25) is 0 Å². The summed E-state index contributed by atoms with van der Waals surface area (Å²) in [6.07, 6.45) is 1.64. The second-order valence-electron chi connectivity index (χ2n) is 4.10. The summed E-state index contributed by atoms with van der Waals surface area (Å²) in [7, 11) is 0. The minimum absolute atomic E-state index is 0.0238. The van der Waals surface area contributed by atoms with E-state index in [0.717, 1.165) is 7.14 Å². The van der Waals surface area contributed by atoms with E-state index in [1.807, 2.05) is 26.0 Å². The first kappa shape index (κ1) is 15.2. The molecule has 94 valence electrons. The van der Waals surface area contributed by atoms with Gasteiger partial charge in [-0.25, -0.2) is 0 Å². The Bertz CT molecular complexity index is 419. The molecule has 0 heterocycles. The van der Waals surface area contributed by atoms with E-state index in [1.165, 1.54) is 0 Å². The van der Waals surface area contributed by atoms with Gasteiger partial charge in [-0.2, -0.15) is 0 Å². The Labute approximate surface area is 129 Å². The Morgan fingerprint density at radius 3 is 2.53 bits per heavy atom. The number of nitrogens with zero attached hydrogens (tertiary/aromatic N) is 1. The number of aliphatic imine (C=N–C) groups is 1. The Morgan fingerprint density at radius 2 is 2.00 bits per heavy atom. The zero-order chi connectivity index (χ0) is 13.0. The van der Waals surface area contributed by atoms with Crippen molar-refractivity contribution in [3.63, 3.8) is 0 Å². The molecule has 3 nitrogen and oxygen atoms in total. The number of aliphatic hydroxyl groups excluding tert-OH is 1. The molecule has 0 aliphatic carbocycles. The lowest BCUT2D eigenvalue weighted by atomic mass is 10.1. The van der Waals surface area contributed by atoms with Gasteiger partial charge in [0.15, 0.2) is 0 Å². The number of hydrogen-bond donors (Lipinski definition) is 2. The number of halogens is 2. The number of aliphatic hydroxyl groups is 1. The first-order chi connectivity index (χ1) is 7.95. The van der Waals surface area contributed by atoms with Crippen LogP contribution in [0, 0.1) is 13.1 Å². The molecule has 1 aromatic carbocycles. The Balaban J connectivity index is 2.98. The van der Waals surface area contributed by atoms with Crippen molar-refractivity contribution < 1.29 is 10.2 Å². The van der Waals surface area contributed by atoms with E-state index in [4.69, 9.17) is 0 Å². The average molecular weight is 459 g/mol. The van der Waals surface area contributed by atoms with Crippen LogP contribution in [0.1, 0.15) is 19.4 Å². The van der Waals surface area contributed by atoms with Crippen LogP contribution < -0.4 is 0 Å². The molecule has 0 spiro atoms. The maximum Gasteiger partial charge on any atom is 0.137 e. The van der Waals surface area contributed by atoms with Crippen LogP contribution in [0.25, 0.3) is 0 Å². The molecule has 1 atom stereocenters. The Morgan fingerprint density at radius 1 is 1.35 bits per heavy atom. The predicted molar refractivity (Wildman–Crippen MR) is 86.8 cm³/mol. The summed E-state index contributed by atoms with van der Waals surface area (Å²) < 4.78 is 1.86. The largest absolute Gasteiger partial charge is 0.506 e. The van der Waals surface area contributed by atoms with Gasteiger partial charge in [0.1, 0.15) is 5.75 Å². The predicted octanol–water partition coefficient (Wildman–Crippen LogP) is 3.04. The van der Waals surface area contributed by atoms with E-state index in [0.29, 0.717) is 5.56 Å². The van der Waals surface area contributed by atoms with Crippen LogP contribution in [-0.4, -0.2) is 29.1 Å². The monoisotopic (exact) mass is 459 g/mol. The molecule has 0 fully saturated rings. The first-order valence-corrected chi connectivity index (χ1v) is 7.43. The minimum Gasteiger partial charge on any atom is -0.506 e. The average Bonchev–Trinajstić information content (AvgIpc) is 2.25. The zero-order valence-electron chi connectivity index (χ0n) is 9.69. The van der Waals surface area contributed by atoms with Crippen LogP contribution in [0.4, 0.5) is 0 Å². The highest BCUT2D eigenvalue weighted by Crippen LogP contribution is 2.25. The molecule has 0 radical (unpaired) electrons. The van der Waals surface area contributed by atoms with Gasteiger partial charge in [-0.05, 0) is 63.2 Å². The van der Waals surface area contributed by atoms with E-state index >= 15 is 0 Å². The van der Waals surface area contributed by atoms with Crippen LogP contribution in [0.2, 0.25) is 0 Å². The van der Waals surface area contributed by atoms with Crippen LogP contribution in [0.5, 0.6) is 5.75 Å². The fraction of sp³-hybridized carbons (Fsp3) is 0.417. The molecule has 17 heavy (non-hydrogen) atoms. The smallest absolute Gasteiger partial charge is 0.137 e. The second kappa shape index (κ2) is 6.89. The standard InChI is InChI=1S/C12H15I2NO2/c1-7(2)11(6-16)15-5-8-3-9(13)4-10(14)12(8)17/h3-5,7,11,16-17H,6H2,1-2H3/b15-5+. The summed E-state index contributed by atoms with van der Waals surface area (Å²) in [5.74, 6) is 0.524. The van der Waals surface area contributed by atoms with Gasteiger partial charge >= 0.3 is 0 Å². The zero-order valence-corrected chi connectivity index (χ0v) is 14.0. The molecular weight excluding hydrogens is 444 g/mol. The summed E-state index contributed by atoms with van der Waals surface area (Å²) in [5.41, 5.74) is 0.695. The van der Waals surface area contributed by atoms with Crippen LogP contribution in [0.15, 0.2) is 17.1 Å². The molecule has 0 saturated carbocycles. The highest BCUT2D eigenvalue weighted by Gasteiger charge is 2.10. The topological polar surface area (TPSA) is 52.8 Å². The fourth-order valence-electron chi connectivity index (χ4n) is 1.29. The third kappa shape index (κ3) is 4.36. The van der Waals surface area contributed by atoms with E-state index in [1.54, 1.807) is 6.21 Å². The molecule has 1 rings (SSSR count). The van der Waals surface area contributed by atoms with Crippen molar-refractivity contribution in [3.8, 4) is 5.75 Å². The lowest BCUT2D eigenvalue weighted by molar-refractivity contribution is 0.240. The van der Waals surface area contributed by atoms with E-state index in [-0.39, 0.29) is 24.3 Å². The van der Waals surface area contributed by atoms with Crippen molar-refractivity contribution in [1.29, 1.82) is 0 Å². The van der Waals surface area contributed by atoms with Crippen LogP contribution >= 0.6 is 45.2 Å². The third-order valence-electron chi connectivity index (χ3n) is 2.42. The highest BCUT2D eigenvalue weighted by atomic mass is 127. The molecule has 5 heteroatoms. The SMILES string of the molecule is CC(C)C(CO)/N=C/c1cc(I)cc(I)c1O. The van der Waals surface area contributed by atoms with E-state index in [2.05, 4.69) is 50.2 Å². The van der Waals surface area contributed by atoms with Gasteiger partial charge in [-0.1, -0.05) is 13.8 Å². The van der Waals surface area contributed by atoms with Gasteiger partial charge in [0, 0.05) is 15.3 Å². The molecule has 0 saturated heterocycles. The fourth-order valence-corrected chi connectivity index (χ4v) is 3.18. The molecule has 0 aliphatic rings. The lowest BCUT2D eigenvalue weighted by Gasteiger charge is -2.12. The Kier molecular flexibility index (Phi) is 6.14. The van der Waals surface area contributed by atoms with Crippen LogP contribution in [0.3, 0.4) is 0 Å².